The number of hydrogen-bond donors (Lipinski definition) is 0. The maximum absolute atomic E-state index is 13.4. The molecule has 3 aromatic carbocycles. The Labute approximate surface area is 615 Å². The highest BCUT2D eigenvalue weighted by Gasteiger charge is 2.36. The molecule has 0 saturated heterocycles. The monoisotopic (exact) mass is 1360 g/mol. The molecule has 0 spiro atoms. The molecule has 0 radical (unpaired) electrons. The van der Waals surface area contributed by atoms with Crippen LogP contribution in [-0.2, 0) is 0 Å². The van der Waals surface area contributed by atoms with Crippen LogP contribution in [0, 0.1) is 126 Å². The van der Waals surface area contributed by atoms with Gasteiger partial charge >= 0.3 is 0 Å². The molecule has 10 aliphatic rings. The van der Waals surface area contributed by atoms with Crippen LogP contribution in [0.3, 0.4) is 0 Å². The molecule has 0 aromatic heterocycles. The van der Waals surface area contributed by atoms with E-state index in [1.165, 1.54) is 280 Å². The summed E-state index contributed by atoms with van der Waals surface area (Å²) in [6, 6.07) is 23.0. The van der Waals surface area contributed by atoms with Crippen molar-refractivity contribution >= 4 is 0 Å². The van der Waals surface area contributed by atoms with Gasteiger partial charge in [0.05, 0.1) is 0 Å². The van der Waals surface area contributed by atoms with Gasteiger partial charge in [0.2, 0.25) is 0 Å². The van der Waals surface area contributed by atoms with Crippen LogP contribution < -0.4 is 0 Å². The summed E-state index contributed by atoms with van der Waals surface area (Å²) >= 11 is 0. The van der Waals surface area contributed by atoms with Crippen molar-refractivity contribution in [2.24, 2.45) is 101 Å². The molecule has 0 aliphatic heterocycles. The van der Waals surface area contributed by atoms with Gasteiger partial charge in [0.1, 0.15) is 0 Å². The van der Waals surface area contributed by atoms with E-state index >= 15 is 0 Å². The third kappa shape index (κ3) is 25.6. The molecular weight excluding hydrogens is 1220 g/mol. The highest BCUT2D eigenvalue weighted by molar-refractivity contribution is 5.26. The van der Waals surface area contributed by atoms with Crippen LogP contribution in [0.25, 0.3) is 0 Å². The second-order valence-corrected chi connectivity index (χ2v) is 35.4. The van der Waals surface area contributed by atoms with Crippen molar-refractivity contribution in [3.05, 3.63) is 181 Å². The van der Waals surface area contributed by atoms with Gasteiger partial charge in [-0.15, -0.1) is 19.7 Å². The third-order valence-corrected chi connectivity index (χ3v) is 29.0. The van der Waals surface area contributed by atoms with Gasteiger partial charge in [-0.1, -0.05) is 153 Å². The minimum atomic E-state index is -0.736. The summed E-state index contributed by atoms with van der Waals surface area (Å²) in [6.45, 7) is 25.0. The van der Waals surface area contributed by atoms with E-state index in [9.17, 15) is 8.78 Å². The van der Waals surface area contributed by atoms with Crippen LogP contribution in [0.2, 0.25) is 0 Å². The summed E-state index contributed by atoms with van der Waals surface area (Å²) in [5, 5.41) is 0. The standard InChI is InChI=1S/C23H34.C21H28F2.C21H30.C18H30.C15H26/c1-3-4-5-19-8-12-21(13-9-19)23-16-14-22(15-17-23)20-10-6-18(2)7-11-20;1-2-3-15-4-6-16(7-5-15)17-8-10-18(11-9-17)19-12-13-20(22)21(23)14-19;1-3-17-6-10-19(11-7-17)21-14-12-20(13-15-21)18-8-4-16(2)5-9-18;1-3-5-15-7-11-17(12-8-15)18-13-9-16(6-4-2)10-14-18;1-3-13-6-10-15(11-7-13)14-8-4-12(2)5-9-14/h3,6-7,10-11,19,21-23H,1,4-5,8-9,12-17H2,2H3;2-3,12-18H,4-11H2,1H3;3-5,8-9,17,19-21H,1,6-7,10-15H2,2H3;3-6,15-18H,7-14H2,1-2H3;3,12-15H,1,4-11H2,2H3/b;3-2+;;5-3+,6-4+;. The molecule has 13 rings (SSSR count). The Hall–Kier alpha value is -4.04. The lowest BCUT2D eigenvalue weighted by Gasteiger charge is -2.38. The maximum atomic E-state index is 13.4. The van der Waals surface area contributed by atoms with Gasteiger partial charge in [-0.3, -0.25) is 0 Å². The van der Waals surface area contributed by atoms with Crippen LogP contribution in [0.15, 0.2) is 141 Å². The Kier molecular flexibility index (Phi) is 34.8. The van der Waals surface area contributed by atoms with Crippen LogP contribution in [0.5, 0.6) is 0 Å². The number of halogens is 2. The molecule has 0 heterocycles. The largest absolute Gasteiger partial charge is 0.204 e. The summed E-state index contributed by atoms with van der Waals surface area (Å²) in [6.07, 6.45) is 80.0. The van der Waals surface area contributed by atoms with Gasteiger partial charge in [0.15, 0.2) is 11.6 Å². The van der Waals surface area contributed by atoms with Crippen molar-refractivity contribution in [3.8, 4) is 0 Å². The first kappa shape index (κ1) is 80.1. The summed E-state index contributed by atoms with van der Waals surface area (Å²) in [5.41, 5.74) is 6.91. The molecule has 0 bridgehead atoms. The van der Waals surface area contributed by atoms with Crippen molar-refractivity contribution in [1.82, 2.24) is 0 Å². The number of hydrogen-bond acceptors (Lipinski definition) is 0. The van der Waals surface area contributed by atoms with Crippen molar-refractivity contribution in [1.29, 1.82) is 0 Å². The fourth-order valence-corrected chi connectivity index (χ4v) is 22.2. The third-order valence-electron chi connectivity index (χ3n) is 29.0. The fourth-order valence-electron chi connectivity index (χ4n) is 22.2. The molecule has 10 aliphatic carbocycles. The summed E-state index contributed by atoms with van der Waals surface area (Å²) in [5.74, 6) is 16.9. The van der Waals surface area contributed by atoms with Crippen molar-refractivity contribution in [2.75, 3.05) is 0 Å². The van der Waals surface area contributed by atoms with Gasteiger partial charge in [-0.05, 0) is 426 Å². The normalized spacial score (nSPS) is 35.1. The topological polar surface area (TPSA) is 0 Å². The molecule has 0 atom stereocenters. The lowest BCUT2D eigenvalue weighted by atomic mass is 9.68. The first-order valence-corrected chi connectivity index (χ1v) is 43.1. The Morgan fingerprint density at radius 3 is 0.850 bits per heavy atom. The molecule has 2 heteroatoms. The Bertz CT molecular complexity index is 2750. The van der Waals surface area contributed by atoms with Crippen LogP contribution >= 0.6 is 0 Å². The van der Waals surface area contributed by atoms with Gasteiger partial charge in [-0.25, -0.2) is 8.78 Å². The minimum absolute atomic E-state index is 0.417. The lowest BCUT2D eigenvalue weighted by molar-refractivity contribution is 0.157. The summed E-state index contributed by atoms with van der Waals surface area (Å²) < 4.78 is 26.5. The average molecular weight is 1360 g/mol. The lowest BCUT2D eigenvalue weighted by Crippen LogP contribution is -2.25. The van der Waals surface area contributed by atoms with E-state index in [0.29, 0.717) is 5.92 Å². The van der Waals surface area contributed by atoms with E-state index in [1.54, 1.807) is 17.2 Å². The zero-order chi connectivity index (χ0) is 70.4. The first-order chi connectivity index (χ1) is 48.8. The Morgan fingerprint density at radius 2 is 0.570 bits per heavy atom. The first-order valence-electron chi connectivity index (χ1n) is 43.1. The van der Waals surface area contributed by atoms with E-state index in [0.717, 1.165) is 131 Å². The SMILES string of the molecule is C/C=C/C1CCC(C2CCC(/C=C/C)CC2)CC1.C/C=C/C1CCC(C2CCC(c3ccc(F)c(F)c3)CC2)CC1.C=CC1CCC(C2CCC(C)CC2)CC1.C=CC1CCC(C2CCC(c3ccc(C)cc3)CC2)CC1.C=CCCC1CCC(C2CCC(c3ccc(C)cc3)CC2)CC1. The van der Waals surface area contributed by atoms with Gasteiger partial charge in [-0.2, -0.15) is 0 Å². The summed E-state index contributed by atoms with van der Waals surface area (Å²) in [4.78, 5) is 0. The predicted molar refractivity (Wildman–Crippen MR) is 431 cm³/mol. The van der Waals surface area contributed by atoms with E-state index in [-0.39, 0.29) is 0 Å². The maximum Gasteiger partial charge on any atom is 0.159 e. The summed E-state index contributed by atoms with van der Waals surface area (Å²) in [7, 11) is 0. The molecule has 0 unspecified atom stereocenters. The zero-order valence-electron chi connectivity index (χ0n) is 65.2. The van der Waals surface area contributed by atoms with E-state index in [4.69, 9.17) is 0 Å². The van der Waals surface area contributed by atoms with Crippen LogP contribution in [-0.4, -0.2) is 0 Å². The highest BCUT2D eigenvalue weighted by Crippen LogP contribution is 2.49. The zero-order valence-corrected chi connectivity index (χ0v) is 65.2. The van der Waals surface area contributed by atoms with Crippen LogP contribution in [0.1, 0.15) is 343 Å². The second kappa shape index (κ2) is 43.4. The molecule has 3 aromatic rings. The number of benzene rings is 3. The molecule has 100 heavy (non-hydrogen) atoms. The Balaban J connectivity index is 0.000000147. The molecule has 0 amide bonds. The molecule has 0 N–H and O–H groups in total. The second-order valence-electron chi connectivity index (χ2n) is 35.4. The van der Waals surface area contributed by atoms with Gasteiger partial charge in [0, 0.05) is 0 Å². The van der Waals surface area contributed by atoms with E-state index in [2.05, 4.69) is 164 Å². The van der Waals surface area contributed by atoms with Crippen molar-refractivity contribution in [2.45, 2.75) is 329 Å². The van der Waals surface area contributed by atoms with E-state index < -0.39 is 11.6 Å². The predicted octanol–water partition coefficient (Wildman–Crippen LogP) is 30.5. The number of allylic oxidation sites excluding steroid dienone is 9. The van der Waals surface area contributed by atoms with Crippen molar-refractivity contribution in [3.63, 3.8) is 0 Å². The van der Waals surface area contributed by atoms with Crippen molar-refractivity contribution < 1.29 is 8.78 Å². The Morgan fingerprint density at radius 1 is 0.310 bits per heavy atom. The minimum Gasteiger partial charge on any atom is -0.204 e. The smallest absolute Gasteiger partial charge is 0.159 e. The molecule has 10 saturated carbocycles. The average Bonchev–Trinajstić information content (AvgIpc) is 0.853. The molecule has 554 valence electrons. The molecular formula is C98H148F2. The van der Waals surface area contributed by atoms with Crippen LogP contribution in [0.4, 0.5) is 8.78 Å². The molecule has 10 fully saturated rings. The quantitative estimate of drug-likeness (QED) is 0.125. The number of rotatable bonds is 16. The fraction of sp³-hybridized carbons (Fsp3) is 0.694. The molecule has 0 nitrogen and oxygen atoms in total. The van der Waals surface area contributed by atoms with Gasteiger partial charge < -0.3 is 0 Å². The van der Waals surface area contributed by atoms with E-state index in [1.807, 2.05) is 0 Å². The van der Waals surface area contributed by atoms with Gasteiger partial charge in [0.25, 0.3) is 0 Å². The number of aryl methyl sites for hydroxylation is 2. The highest BCUT2D eigenvalue weighted by atomic mass is 19.2.